The van der Waals surface area contributed by atoms with Gasteiger partial charge in [-0.05, 0) is 32.2 Å². The summed E-state index contributed by atoms with van der Waals surface area (Å²) >= 11 is 0. The van der Waals surface area contributed by atoms with Crippen LogP contribution in [0.2, 0.25) is 0 Å². The Morgan fingerprint density at radius 3 is 2.57 bits per heavy atom. The average molecular weight is 199 g/mol. The molecule has 1 aliphatic heterocycles. The lowest BCUT2D eigenvalue weighted by Crippen LogP contribution is -2.42. The maximum atomic E-state index is 11.6. The summed E-state index contributed by atoms with van der Waals surface area (Å²) in [5, 5.41) is 3.19. The Morgan fingerprint density at radius 2 is 2.07 bits per heavy atom. The number of nitrogens with one attached hydrogen (secondary N) is 1. The van der Waals surface area contributed by atoms with Crippen LogP contribution in [0.15, 0.2) is 0 Å². The van der Waals surface area contributed by atoms with Crippen LogP contribution >= 0.6 is 0 Å². The smallest absolute Gasteiger partial charge is 0.323 e. The van der Waals surface area contributed by atoms with Crippen molar-refractivity contribution in [2.24, 2.45) is 5.92 Å². The van der Waals surface area contributed by atoms with Crippen LogP contribution in [0.25, 0.3) is 0 Å². The quantitative estimate of drug-likeness (QED) is 0.703. The van der Waals surface area contributed by atoms with E-state index in [-0.39, 0.29) is 18.1 Å². The van der Waals surface area contributed by atoms with Gasteiger partial charge in [-0.1, -0.05) is 20.3 Å². The van der Waals surface area contributed by atoms with E-state index >= 15 is 0 Å². The number of ether oxygens (including phenoxy) is 1. The van der Waals surface area contributed by atoms with E-state index in [2.05, 4.69) is 19.2 Å². The molecule has 1 N–H and O–H groups in total. The molecule has 0 aliphatic carbocycles. The van der Waals surface area contributed by atoms with Crippen LogP contribution in [0.1, 0.15) is 40.0 Å². The van der Waals surface area contributed by atoms with Crippen molar-refractivity contribution in [3.63, 3.8) is 0 Å². The van der Waals surface area contributed by atoms with E-state index < -0.39 is 0 Å². The van der Waals surface area contributed by atoms with E-state index in [0.717, 1.165) is 19.4 Å². The highest BCUT2D eigenvalue weighted by Gasteiger charge is 2.24. The average Bonchev–Trinajstić information content (AvgIpc) is 2.19. The summed E-state index contributed by atoms with van der Waals surface area (Å²) in [6, 6.07) is -0.0649. The largest absolute Gasteiger partial charge is 0.461 e. The van der Waals surface area contributed by atoms with E-state index in [1.165, 1.54) is 6.42 Å². The fraction of sp³-hybridized carbons (Fsp3) is 0.909. The van der Waals surface area contributed by atoms with E-state index in [9.17, 15) is 4.79 Å². The van der Waals surface area contributed by atoms with Gasteiger partial charge in [0.05, 0.1) is 0 Å². The van der Waals surface area contributed by atoms with Crippen molar-refractivity contribution in [3.05, 3.63) is 0 Å². The maximum absolute atomic E-state index is 11.6. The Morgan fingerprint density at radius 1 is 1.36 bits per heavy atom. The lowest BCUT2D eigenvalue weighted by molar-refractivity contribution is -0.153. The molecule has 1 rings (SSSR count). The Kier molecular flexibility index (Phi) is 4.39. The van der Waals surface area contributed by atoms with Gasteiger partial charge in [-0.15, -0.1) is 0 Å². The molecule has 3 heteroatoms. The molecule has 1 heterocycles. The molecule has 0 aromatic carbocycles. The number of hydrogen-bond donors (Lipinski definition) is 1. The second-order valence-corrected chi connectivity index (χ2v) is 4.39. The molecule has 0 radical (unpaired) electrons. The van der Waals surface area contributed by atoms with Gasteiger partial charge in [0.2, 0.25) is 0 Å². The van der Waals surface area contributed by atoms with Gasteiger partial charge in [-0.25, -0.2) is 0 Å². The summed E-state index contributed by atoms with van der Waals surface area (Å²) < 4.78 is 5.35. The van der Waals surface area contributed by atoms with Gasteiger partial charge < -0.3 is 10.1 Å². The normalized spacial score (nSPS) is 24.7. The number of carbonyl (C=O) groups is 1. The molecular weight excluding hydrogens is 178 g/mol. The molecule has 14 heavy (non-hydrogen) atoms. The lowest BCUT2D eigenvalue weighted by Gasteiger charge is -2.24. The minimum Gasteiger partial charge on any atom is -0.461 e. The summed E-state index contributed by atoms with van der Waals surface area (Å²) in [5.74, 6) is 0.313. The van der Waals surface area contributed by atoms with Crippen molar-refractivity contribution in [2.45, 2.75) is 52.2 Å². The van der Waals surface area contributed by atoms with Crippen molar-refractivity contribution >= 4 is 5.97 Å². The van der Waals surface area contributed by atoms with Crippen LogP contribution in [-0.2, 0) is 9.53 Å². The molecule has 3 nitrogen and oxygen atoms in total. The number of esters is 1. The van der Waals surface area contributed by atoms with Gasteiger partial charge in [-0.2, -0.15) is 0 Å². The van der Waals surface area contributed by atoms with Gasteiger partial charge in [0.25, 0.3) is 0 Å². The lowest BCUT2D eigenvalue weighted by atomic mass is 10.0. The topological polar surface area (TPSA) is 38.3 Å². The molecule has 0 amide bonds. The second kappa shape index (κ2) is 5.35. The van der Waals surface area contributed by atoms with Gasteiger partial charge in [0.15, 0.2) is 0 Å². The Bertz CT molecular complexity index is 186. The first-order valence-corrected chi connectivity index (χ1v) is 5.55. The molecular formula is C11H21NO2. The SMILES string of the molecule is CC(C)C(C)OC(=O)[C@H]1CCCCN1. The van der Waals surface area contributed by atoms with E-state index in [4.69, 9.17) is 4.74 Å². The molecule has 82 valence electrons. The van der Waals surface area contributed by atoms with E-state index in [1.54, 1.807) is 0 Å². The van der Waals surface area contributed by atoms with Crippen LogP contribution in [0.5, 0.6) is 0 Å². The summed E-state index contributed by atoms with van der Waals surface area (Å²) in [6.07, 6.45) is 3.24. The zero-order valence-electron chi connectivity index (χ0n) is 9.38. The third-order valence-electron chi connectivity index (χ3n) is 2.84. The third-order valence-corrected chi connectivity index (χ3v) is 2.84. The molecule has 1 aliphatic rings. The minimum atomic E-state index is -0.0779. The fourth-order valence-corrected chi connectivity index (χ4v) is 1.45. The first-order valence-electron chi connectivity index (χ1n) is 5.55. The van der Waals surface area contributed by atoms with Crippen LogP contribution in [0, 0.1) is 5.92 Å². The molecule has 0 aromatic heterocycles. The second-order valence-electron chi connectivity index (χ2n) is 4.39. The van der Waals surface area contributed by atoms with Crippen molar-refractivity contribution in [3.8, 4) is 0 Å². The Hall–Kier alpha value is -0.570. The van der Waals surface area contributed by atoms with E-state index in [0.29, 0.717) is 5.92 Å². The van der Waals surface area contributed by atoms with E-state index in [1.807, 2.05) is 6.92 Å². The maximum Gasteiger partial charge on any atom is 0.323 e. The Labute approximate surface area is 86.2 Å². The predicted molar refractivity (Wildman–Crippen MR) is 56.0 cm³/mol. The van der Waals surface area contributed by atoms with Crippen LogP contribution in [-0.4, -0.2) is 24.7 Å². The molecule has 1 unspecified atom stereocenters. The highest BCUT2D eigenvalue weighted by Crippen LogP contribution is 2.12. The Balaban J connectivity index is 2.33. The van der Waals surface area contributed by atoms with Crippen LogP contribution in [0.3, 0.4) is 0 Å². The highest BCUT2D eigenvalue weighted by molar-refractivity contribution is 5.76. The number of rotatable bonds is 3. The summed E-state index contributed by atoms with van der Waals surface area (Å²) in [6.45, 7) is 7.01. The van der Waals surface area contributed by atoms with Gasteiger partial charge in [-0.3, -0.25) is 4.79 Å². The number of carbonyl (C=O) groups excluding carboxylic acids is 1. The van der Waals surface area contributed by atoms with Crippen LogP contribution in [0.4, 0.5) is 0 Å². The molecule has 0 spiro atoms. The van der Waals surface area contributed by atoms with Gasteiger partial charge in [0, 0.05) is 0 Å². The minimum absolute atomic E-state index is 0.0197. The zero-order chi connectivity index (χ0) is 10.6. The summed E-state index contributed by atoms with van der Waals surface area (Å²) in [7, 11) is 0. The van der Waals surface area contributed by atoms with Crippen molar-refractivity contribution in [1.82, 2.24) is 5.32 Å². The molecule has 0 saturated carbocycles. The molecule has 1 fully saturated rings. The van der Waals surface area contributed by atoms with Crippen LogP contribution < -0.4 is 5.32 Å². The molecule has 0 bridgehead atoms. The number of hydrogen-bond acceptors (Lipinski definition) is 3. The third kappa shape index (κ3) is 3.29. The monoisotopic (exact) mass is 199 g/mol. The van der Waals surface area contributed by atoms with Gasteiger partial charge >= 0.3 is 5.97 Å². The zero-order valence-corrected chi connectivity index (χ0v) is 9.38. The molecule has 2 atom stereocenters. The molecule has 1 saturated heterocycles. The van der Waals surface area contributed by atoms with Crippen molar-refractivity contribution < 1.29 is 9.53 Å². The number of piperidine rings is 1. The highest BCUT2D eigenvalue weighted by atomic mass is 16.5. The fourth-order valence-electron chi connectivity index (χ4n) is 1.45. The van der Waals surface area contributed by atoms with Gasteiger partial charge in [0.1, 0.15) is 12.1 Å². The first kappa shape index (κ1) is 11.5. The predicted octanol–water partition coefficient (Wildman–Crippen LogP) is 1.72. The summed E-state index contributed by atoms with van der Waals surface area (Å²) in [4.78, 5) is 11.6. The summed E-state index contributed by atoms with van der Waals surface area (Å²) in [5.41, 5.74) is 0. The first-order chi connectivity index (χ1) is 6.61. The molecule has 0 aromatic rings. The van der Waals surface area contributed by atoms with Crippen molar-refractivity contribution in [1.29, 1.82) is 0 Å². The van der Waals surface area contributed by atoms with Crippen molar-refractivity contribution in [2.75, 3.05) is 6.54 Å². The standard InChI is InChI=1S/C11H21NO2/c1-8(2)9(3)14-11(13)10-6-4-5-7-12-10/h8-10,12H,4-7H2,1-3H3/t9?,10-/m1/s1.